The highest BCUT2D eigenvalue weighted by Gasteiger charge is 1.85. The van der Waals surface area contributed by atoms with Gasteiger partial charge in [0.25, 0.3) is 0 Å². The van der Waals surface area contributed by atoms with Crippen LogP contribution in [0, 0.1) is 0 Å². The molecule has 2 aromatic rings. The highest BCUT2D eigenvalue weighted by molar-refractivity contribution is 5.79. The van der Waals surface area contributed by atoms with E-state index in [1.54, 1.807) is 37.5 Å². The van der Waals surface area contributed by atoms with Gasteiger partial charge in [-0.1, -0.05) is 0 Å². The highest BCUT2D eigenvalue weighted by Crippen LogP contribution is 1.87. The van der Waals surface area contributed by atoms with E-state index < -0.39 is 0 Å². The van der Waals surface area contributed by atoms with Gasteiger partial charge in [0.2, 0.25) is 0 Å². The number of aromatic amines is 2. The molecule has 6 heteroatoms. The Balaban J connectivity index is 1.94. The second-order valence-corrected chi connectivity index (χ2v) is 2.50. The molecule has 0 aliphatic rings. The van der Waals surface area contributed by atoms with Gasteiger partial charge in [-0.25, -0.2) is 9.97 Å². The second kappa shape index (κ2) is 4.13. The molecule has 0 amide bonds. The molecule has 0 aliphatic heterocycles. The van der Waals surface area contributed by atoms with Crippen LogP contribution in [0.3, 0.4) is 0 Å². The number of nitrogens with one attached hydrogen (secondary N) is 2. The summed E-state index contributed by atoms with van der Waals surface area (Å²) in [5, 5.41) is 7.63. The molecule has 0 fully saturated rings. The van der Waals surface area contributed by atoms with Crippen molar-refractivity contribution in [3.8, 4) is 0 Å². The molecule has 6 nitrogen and oxygen atoms in total. The first-order valence-corrected chi connectivity index (χ1v) is 3.98. The lowest BCUT2D eigenvalue weighted by molar-refractivity contribution is 1.24. The van der Waals surface area contributed by atoms with Crippen LogP contribution in [0.15, 0.2) is 35.3 Å². The van der Waals surface area contributed by atoms with Crippen molar-refractivity contribution in [3.05, 3.63) is 36.4 Å². The van der Waals surface area contributed by atoms with Crippen molar-refractivity contribution >= 4 is 12.4 Å². The van der Waals surface area contributed by atoms with Gasteiger partial charge in [0, 0.05) is 0 Å². The van der Waals surface area contributed by atoms with Crippen molar-refractivity contribution in [2.75, 3.05) is 0 Å². The quantitative estimate of drug-likeness (QED) is 0.545. The lowest BCUT2D eigenvalue weighted by Crippen LogP contribution is -1.80. The van der Waals surface area contributed by atoms with E-state index in [0.717, 1.165) is 11.4 Å². The highest BCUT2D eigenvalue weighted by atomic mass is 15.2. The predicted molar refractivity (Wildman–Crippen MR) is 52.4 cm³/mol. The molecule has 2 N–H and O–H groups in total. The van der Waals surface area contributed by atoms with Crippen molar-refractivity contribution in [2.45, 2.75) is 0 Å². The van der Waals surface area contributed by atoms with E-state index in [2.05, 4.69) is 30.1 Å². The molecule has 0 saturated carbocycles. The van der Waals surface area contributed by atoms with E-state index in [1.165, 1.54) is 0 Å². The van der Waals surface area contributed by atoms with Crippen LogP contribution in [-0.2, 0) is 0 Å². The van der Waals surface area contributed by atoms with Gasteiger partial charge < -0.3 is 9.97 Å². The van der Waals surface area contributed by atoms with Crippen LogP contribution in [0.1, 0.15) is 11.4 Å². The molecule has 2 rings (SSSR count). The van der Waals surface area contributed by atoms with Gasteiger partial charge in [0.15, 0.2) is 0 Å². The molecule has 70 valence electrons. The minimum Gasteiger partial charge on any atom is -0.344 e. The lowest BCUT2D eigenvalue weighted by atomic mass is 10.5. The second-order valence-electron chi connectivity index (χ2n) is 2.50. The topological polar surface area (TPSA) is 82.1 Å². The number of H-pyrrole nitrogens is 2. The Hall–Kier alpha value is -2.24. The Morgan fingerprint density at radius 2 is 1.43 bits per heavy atom. The van der Waals surface area contributed by atoms with Gasteiger partial charge in [-0.2, -0.15) is 10.2 Å². The molecule has 2 aromatic heterocycles. The van der Waals surface area contributed by atoms with Gasteiger partial charge in [0.1, 0.15) is 0 Å². The van der Waals surface area contributed by atoms with E-state index in [4.69, 9.17) is 0 Å². The predicted octanol–water partition coefficient (Wildman–Crippen LogP) is 0.586. The van der Waals surface area contributed by atoms with Crippen molar-refractivity contribution in [3.63, 3.8) is 0 Å². The monoisotopic (exact) mass is 188 g/mol. The van der Waals surface area contributed by atoms with Crippen LogP contribution >= 0.6 is 0 Å². The molecule has 0 radical (unpaired) electrons. The van der Waals surface area contributed by atoms with Gasteiger partial charge >= 0.3 is 0 Å². The standard InChI is InChI=1S/C8H8N6/c1-7(11-5-9-1)3-13-14-4-8-2-10-6-12-8/h1-6H,(H,9,11)(H,10,12)/b13-3+,14-4+. The molecular formula is C8H8N6. The smallest absolute Gasteiger partial charge is 0.0924 e. The van der Waals surface area contributed by atoms with Crippen LogP contribution in [-0.4, -0.2) is 32.4 Å². The lowest BCUT2D eigenvalue weighted by Gasteiger charge is -1.80. The van der Waals surface area contributed by atoms with Crippen molar-refractivity contribution < 1.29 is 0 Å². The summed E-state index contributed by atoms with van der Waals surface area (Å²) in [5.41, 5.74) is 1.62. The molecule has 0 spiro atoms. The summed E-state index contributed by atoms with van der Waals surface area (Å²) in [6.07, 6.45) is 9.66. The summed E-state index contributed by atoms with van der Waals surface area (Å²) in [4.78, 5) is 13.4. The van der Waals surface area contributed by atoms with E-state index >= 15 is 0 Å². The van der Waals surface area contributed by atoms with Gasteiger partial charge in [0.05, 0.1) is 48.9 Å². The maximum Gasteiger partial charge on any atom is 0.0924 e. The first kappa shape index (κ1) is 8.36. The Bertz CT molecular complexity index is 368. The molecule has 0 saturated heterocycles. The molecule has 0 aromatic carbocycles. The molecule has 2 heterocycles. The summed E-state index contributed by atoms with van der Waals surface area (Å²) in [5.74, 6) is 0. The number of hydrogen-bond acceptors (Lipinski definition) is 4. The number of nitrogens with zero attached hydrogens (tertiary/aromatic N) is 4. The van der Waals surface area contributed by atoms with Crippen LogP contribution in [0.4, 0.5) is 0 Å². The summed E-state index contributed by atoms with van der Waals surface area (Å²) < 4.78 is 0. The number of aromatic nitrogens is 4. The van der Waals surface area contributed by atoms with E-state index in [9.17, 15) is 0 Å². The zero-order chi connectivity index (χ0) is 9.64. The Morgan fingerprint density at radius 3 is 1.79 bits per heavy atom. The third-order valence-corrected chi connectivity index (χ3v) is 1.50. The van der Waals surface area contributed by atoms with Crippen molar-refractivity contribution in [1.29, 1.82) is 0 Å². The van der Waals surface area contributed by atoms with E-state index in [0.29, 0.717) is 0 Å². The average Bonchev–Trinajstić information content (AvgIpc) is 2.86. The van der Waals surface area contributed by atoms with Crippen molar-refractivity contribution in [2.24, 2.45) is 10.2 Å². The fraction of sp³-hybridized carbons (Fsp3) is 0. The minimum absolute atomic E-state index is 0.812. The normalized spacial score (nSPS) is 11.7. The third kappa shape index (κ3) is 2.13. The minimum atomic E-state index is 0.812. The van der Waals surface area contributed by atoms with Crippen LogP contribution < -0.4 is 0 Å². The summed E-state index contributed by atoms with van der Waals surface area (Å²) in [6.45, 7) is 0. The van der Waals surface area contributed by atoms with Crippen LogP contribution in [0.2, 0.25) is 0 Å². The Morgan fingerprint density at radius 1 is 0.929 bits per heavy atom. The maximum absolute atomic E-state index is 3.84. The number of hydrogen-bond donors (Lipinski definition) is 2. The van der Waals surface area contributed by atoms with Gasteiger partial charge in [-0.15, -0.1) is 0 Å². The first-order valence-electron chi connectivity index (χ1n) is 3.98. The Kier molecular flexibility index (Phi) is 2.46. The molecule has 14 heavy (non-hydrogen) atoms. The molecule has 0 atom stereocenters. The fourth-order valence-corrected chi connectivity index (χ4v) is 0.866. The molecule has 0 unspecified atom stereocenters. The van der Waals surface area contributed by atoms with Crippen molar-refractivity contribution in [1.82, 2.24) is 19.9 Å². The molecule has 0 aliphatic carbocycles. The van der Waals surface area contributed by atoms with Crippen LogP contribution in [0.25, 0.3) is 0 Å². The first-order chi connectivity index (χ1) is 6.95. The summed E-state index contributed by atoms with van der Waals surface area (Å²) in [7, 11) is 0. The van der Waals surface area contributed by atoms with Crippen LogP contribution in [0.5, 0.6) is 0 Å². The summed E-state index contributed by atoms with van der Waals surface area (Å²) >= 11 is 0. The molecule has 0 bridgehead atoms. The average molecular weight is 188 g/mol. The largest absolute Gasteiger partial charge is 0.344 e. The number of imidazole rings is 2. The van der Waals surface area contributed by atoms with Gasteiger partial charge in [-0.05, 0) is 0 Å². The molecular weight excluding hydrogens is 180 g/mol. The van der Waals surface area contributed by atoms with Gasteiger partial charge in [-0.3, -0.25) is 0 Å². The zero-order valence-corrected chi connectivity index (χ0v) is 7.25. The van der Waals surface area contributed by atoms with E-state index in [1.807, 2.05) is 0 Å². The Labute approximate surface area is 79.8 Å². The maximum atomic E-state index is 3.84. The zero-order valence-electron chi connectivity index (χ0n) is 7.25. The summed E-state index contributed by atoms with van der Waals surface area (Å²) in [6, 6.07) is 0. The SMILES string of the molecule is C(=N\N=C\c1cnc[nH]1)/c1cnc[nH]1. The third-order valence-electron chi connectivity index (χ3n) is 1.50. The van der Waals surface area contributed by atoms with E-state index in [-0.39, 0.29) is 0 Å². The number of rotatable bonds is 3. The fourth-order valence-electron chi connectivity index (χ4n) is 0.866.